The Kier molecular flexibility index (Phi) is 2.73. The Morgan fingerprint density at radius 1 is 1.64 bits per heavy atom. The van der Waals surface area contributed by atoms with E-state index in [1.165, 1.54) is 0 Å². The summed E-state index contributed by atoms with van der Waals surface area (Å²) in [6, 6.07) is 0. The van der Waals surface area contributed by atoms with Crippen LogP contribution in [0.4, 0.5) is 13.2 Å². The molecule has 0 fully saturated rings. The molecule has 0 amide bonds. The Balaban J connectivity index is 2.74. The van der Waals surface area contributed by atoms with Crippen molar-refractivity contribution in [1.82, 2.24) is 14.8 Å². The molecule has 1 aromatic rings. The highest BCUT2D eigenvalue weighted by Gasteiger charge is 2.29. The van der Waals surface area contributed by atoms with Gasteiger partial charge in [-0.3, -0.25) is 0 Å². The van der Waals surface area contributed by atoms with E-state index in [-0.39, 0.29) is 0 Å². The van der Waals surface area contributed by atoms with Crippen LogP contribution in [0.1, 0.15) is 10.6 Å². The Morgan fingerprint density at radius 2 is 2.29 bits per heavy atom. The molecular formula is C6H6F3N3O2. The van der Waals surface area contributed by atoms with Crippen molar-refractivity contribution in [2.24, 2.45) is 0 Å². The highest BCUT2D eigenvalue weighted by atomic mass is 19.4. The minimum atomic E-state index is -4.39. The van der Waals surface area contributed by atoms with Crippen molar-refractivity contribution in [2.45, 2.75) is 12.7 Å². The van der Waals surface area contributed by atoms with Gasteiger partial charge in [-0.2, -0.15) is 13.2 Å². The average molecular weight is 209 g/mol. The first-order valence-electron chi connectivity index (χ1n) is 3.47. The second-order valence-corrected chi connectivity index (χ2v) is 2.37. The van der Waals surface area contributed by atoms with Crippen LogP contribution in [-0.4, -0.2) is 34.0 Å². The van der Waals surface area contributed by atoms with Gasteiger partial charge in [0, 0.05) is 0 Å². The molecule has 78 valence electrons. The first kappa shape index (κ1) is 10.5. The van der Waals surface area contributed by atoms with E-state index in [9.17, 15) is 18.0 Å². The van der Waals surface area contributed by atoms with E-state index >= 15 is 0 Å². The number of halogens is 3. The lowest BCUT2D eigenvalue weighted by molar-refractivity contribution is -0.142. The number of carbonyl (C=O) groups excluding carboxylic acids is 1. The molecule has 14 heavy (non-hydrogen) atoms. The maximum absolute atomic E-state index is 11.8. The van der Waals surface area contributed by atoms with Crippen molar-refractivity contribution in [3.05, 3.63) is 12.2 Å². The van der Waals surface area contributed by atoms with Crippen LogP contribution < -0.4 is 0 Å². The number of rotatable bonds is 2. The normalized spacial score (nSPS) is 11.4. The third kappa shape index (κ3) is 2.71. The number of methoxy groups -OCH3 is 1. The molecule has 0 radical (unpaired) electrons. The average Bonchev–Trinajstić information content (AvgIpc) is 2.48. The minimum absolute atomic E-state index is 0.392. The van der Waals surface area contributed by atoms with Crippen molar-refractivity contribution in [1.29, 1.82) is 0 Å². The van der Waals surface area contributed by atoms with Crippen molar-refractivity contribution in [3.63, 3.8) is 0 Å². The summed E-state index contributed by atoms with van der Waals surface area (Å²) in [6.07, 6.45) is -3.57. The second-order valence-electron chi connectivity index (χ2n) is 2.37. The molecule has 1 heterocycles. The highest BCUT2D eigenvalue weighted by molar-refractivity contribution is 5.84. The third-order valence-corrected chi connectivity index (χ3v) is 1.25. The van der Waals surface area contributed by atoms with Crippen LogP contribution in [0.2, 0.25) is 0 Å². The van der Waals surface area contributed by atoms with E-state index in [0.29, 0.717) is 4.68 Å². The van der Waals surface area contributed by atoms with Gasteiger partial charge in [-0.15, -0.1) is 5.10 Å². The summed E-state index contributed by atoms with van der Waals surface area (Å²) < 4.78 is 40.2. The number of alkyl halides is 3. The fourth-order valence-electron chi connectivity index (χ4n) is 0.739. The summed E-state index contributed by atoms with van der Waals surface area (Å²) in [5, 5.41) is 3.28. The van der Waals surface area contributed by atoms with E-state index in [0.717, 1.165) is 13.4 Å². The monoisotopic (exact) mass is 209 g/mol. The van der Waals surface area contributed by atoms with E-state index in [1.54, 1.807) is 0 Å². The lowest BCUT2D eigenvalue weighted by atomic mass is 10.6. The van der Waals surface area contributed by atoms with Crippen molar-refractivity contribution in [3.8, 4) is 0 Å². The lowest BCUT2D eigenvalue weighted by Gasteiger charge is -2.04. The summed E-state index contributed by atoms with van der Waals surface area (Å²) in [6.45, 7) is -1.28. The fraction of sp³-hybridized carbons (Fsp3) is 0.500. The molecule has 0 atom stereocenters. The predicted molar refractivity (Wildman–Crippen MR) is 37.4 cm³/mol. The Bertz CT molecular complexity index is 333. The molecule has 0 bridgehead atoms. The predicted octanol–water partition coefficient (Wildman–Crippen LogP) is 0.627. The molecule has 0 saturated heterocycles. The van der Waals surface area contributed by atoms with Crippen LogP contribution >= 0.6 is 0 Å². The van der Waals surface area contributed by atoms with Gasteiger partial charge in [0.25, 0.3) is 5.82 Å². The number of aromatic nitrogens is 3. The maximum atomic E-state index is 11.8. The molecule has 0 spiro atoms. The summed E-state index contributed by atoms with van der Waals surface area (Å²) in [4.78, 5) is 14.1. The number of esters is 1. The topological polar surface area (TPSA) is 57.0 Å². The van der Waals surface area contributed by atoms with E-state index < -0.39 is 24.5 Å². The molecule has 8 heteroatoms. The Hall–Kier alpha value is -1.60. The first-order chi connectivity index (χ1) is 6.42. The zero-order valence-electron chi connectivity index (χ0n) is 7.08. The van der Waals surface area contributed by atoms with Crippen LogP contribution in [0.25, 0.3) is 0 Å². The summed E-state index contributed by atoms with van der Waals surface area (Å²) in [7, 11) is 1.09. The van der Waals surface area contributed by atoms with Crippen molar-refractivity contribution < 1.29 is 22.7 Å². The molecule has 0 aliphatic carbocycles. The summed E-state index contributed by atoms with van der Waals surface area (Å²) >= 11 is 0. The zero-order chi connectivity index (χ0) is 10.8. The molecule has 0 unspecified atom stereocenters. The van der Waals surface area contributed by atoms with Crippen LogP contribution in [-0.2, 0) is 11.3 Å². The van der Waals surface area contributed by atoms with Gasteiger partial charge in [-0.1, -0.05) is 0 Å². The standard InChI is InChI=1S/C6H6F3N3O2/c1-14-5(13)4-10-3-12(11-4)2-6(7,8)9/h3H,2H2,1H3. The molecule has 0 saturated carbocycles. The van der Waals surface area contributed by atoms with E-state index in [4.69, 9.17) is 0 Å². The molecule has 0 aliphatic heterocycles. The summed E-state index contributed by atoms with van der Waals surface area (Å²) in [5.41, 5.74) is 0. The molecule has 0 N–H and O–H groups in total. The molecule has 5 nitrogen and oxygen atoms in total. The minimum Gasteiger partial charge on any atom is -0.463 e. The second kappa shape index (κ2) is 3.64. The quantitative estimate of drug-likeness (QED) is 0.670. The van der Waals surface area contributed by atoms with Gasteiger partial charge < -0.3 is 4.74 Å². The van der Waals surface area contributed by atoms with Gasteiger partial charge in [0.1, 0.15) is 12.9 Å². The molecule has 1 aromatic heterocycles. The SMILES string of the molecule is COC(=O)c1ncn(CC(F)(F)F)n1. The van der Waals surface area contributed by atoms with Gasteiger partial charge >= 0.3 is 12.1 Å². The molecule has 1 rings (SSSR count). The van der Waals surface area contributed by atoms with E-state index in [1.807, 2.05) is 0 Å². The number of nitrogens with zero attached hydrogens (tertiary/aromatic N) is 3. The first-order valence-corrected chi connectivity index (χ1v) is 3.47. The maximum Gasteiger partial charge on any atom is 0.408 e. The Labute approximate surface area is 76.5 Å². The molecule has 0 aromatic carbocycles. The van der Waals surface area contributed by atoms with Crippen LogP contribution in [0, 0.1) is 0 Å². The highest BCUT2D eigenvalue weighted by Crippen LogP contribution is 2.16. The van der Waals surface area contributed by atoms with Gasteiger partial charge in [0.05, 0.1) is 7.11 Å². The zero-order valence-corrected chi connectivity index (χ0v) is 7.08. The molecule has 0 aliphatic rings. The molecular weight excluding hydrogens is 203 g/mol. The van der Waals surface area contributed by atoms with Crippen LogP contribution in [0.3, 0.4) is 0 Å². The van der Waals surface area contributed by atoms with Gasteiger partial charge in [0.2, 0.25) is 0 Å². The van der Waals surface area contributed by atoms with Crippen molar-refractivity contribution >= 4 is 5.97 Å². The summed E-state index contributed by atoms with van der Waals surface area (Å²) in [5.74, 6) is -1.26. The fourth-order valence-corrected chi connectivity index (χ4v) is 0.739. The van der Waals surface area contributed by atoms with Crippen molar-refractivity contribution in [2.75, 3.05) is 7.11 Å². The number of hydrogen-bond acceptors (Lipinski definition) is 4. The van der Waals surface area contributed by atoms with Gasteiger partial charge in [-0.05, 0) is 0 Å². The smallest absolute Gasteiger partial charge is 0.408 e. The van der Waals surface area contributed by atoms with Crippen LogP contribution in [0.5, 0.6) is 0 Å². The third-order valence-electron chi connectivity index (χ3n) is 1.25. The number of ether oxygens (including phenoxy) is 1. The van der Waals surface area contributed by atoms with Crippen LogP contribution in [0.15, 0.2) is 6.33 Å². The Morgan fingerprint density at radius 3 is 2.79 bits per heavy atom. The lowest BCUT2D eigenvalue weighted by Crippen LogP contribution is -2.18. The van der Waals surface area contributed by atoms with Gasteiger partial charge in [-0.25, -0.2) is 14.5 Å². The van der Waals surface area contributed by atoms with E-state index in [2.05, 4.69) is 14.8 Å². The largest absolute Gasteiger partial charge is 0.463 e. The number of carbonyl (C=O) groups is 1. The number of hydrogen-bond donors (Lipinski definition) is 0. The van der Waals surface area contributed by atoms with Gasteiger partial charge in [0.15, 0.2) is 0 Å².